The van der Waals surface area contributed by atoms with E-state index in [-0.39, 0.29) is 23.7 Å². The molecule has 1 aromatic rings. The van der Waals surface area contributed by atoms with Crippen molar-refractivity contribution in [2.24, 2.45) is 11.8 Å². The molecule has 3 aliphatic rings. The van der Waals surface area contributed by atoms with E-state index in [4.69, 9.17) is 0 Å². The van der Waals surface area contributed by atoms with Crippen molar-refractivity contribution in [3.63, 3.8) is 0 Å². The number of carbonyl (C=O) groups is 3. The van der Waals surface area contributed by atoms with Crippen molar-refractivity contribution < 1.29 is 14.4 Å². The van der Waals surface area contributed by atoms with Crippen molar-refractivity contribution in [3.05, 3.63) is 23.8 Å². The van der Waals surface area contributed by atoms with Crippen LogP contribution in [0.15, 0.2) is 18.2 Å². The highest BCUT2D eigenvalue weighted by Gasteiger charge is 2.30. The van der Waals surface area contributed by atoms with Gasteiger partial charge in [0.2, 0.25) is 11.8 Å². The molecule has 0 bridgehead atoms. The third-order valence-electron chi connectivity index (χ3n) is 7.87. The summed E-state index contributed by atoms with van der Waals surface area (Å²) in [7, 11) is 0. The summed E-state index contributed by atoms with van der Waals surface area (Å²) < 4.78 is 0. The summed E-state index contributed by atoms with van der Waals surface area (Å²) in [6.07, 6.45) is 8.26. The van der Waals surface area contributed by atoms with Crippen LogP contribution in [-0.2, 0) is 9.59 Å². The molecule has 2 aliphatic carbocycles. The Balaban J connectivity index is 1.53. The van der Waals surface area contributed by atoms with Gasteiger partial charge in [-0.2, -0.15) is 0 Å². The largest absolute Gasteiger partial charge is 0.369 e. The third-order valence-corrected chi connectivity index (χ3v) is 7.87. The fourth-order valence-corrected chi connectivity index (χ4v) is 5.47. The quantitative estimate of drug-likeness (QED) is 0.653. The molecule has 3 fully saturated rings. The molecule has 4 rings (SSSR count). The van der Waals surface area contributed by atoms with Crippen LogP contribution in [0.5, 0.6) is 0 Å². The number of hydrogen-bond donors (Lipinski definition) is 1. The Kier molecular flexibility index (Phi) is 8.11. The summed E-state index contributed by atoms with van der Waals surface area (Å²) in [5.41, 5.74) is 2.21. The third kappa shape index (κ3) is 5.39. The topological polar surface area (TPSA) is 73.0 Å². The molecule has 0 radical (unpaired) electrons. The Morgan fingerprint density at radius 2 is 1.59 bits per heavy atom. The van der Waals surface area contributed by atoms with Gasteiger partial charge in [0.15, 0.2) is 0 Å². The number of benzene rings is 1. The highest BCUT2D eigenvalue weighted by Crippen LogP contribution is 2.31. The van der Waals surface area contributed by atoms with Crippen LogP contribution >= 0.6 is 0 Å². The molecule has 1 saturated heterocycles. The summed E-state index contributed by atoms with van der Waals surface area (Å²) in [6.45, 7) is 8.23. The molecule has 1 aliphatic heterocycles. The van der Waals surface area contributed by atoms with E-state index in [1.807, 2.05) is 41.8 Å². The molecule has 7 nitrogen and oxygen atoms in total. The average Bonchev–Trinajstić information content (AvgIpc) is 3.23. The zero-order valence-electron chi connectivity index (χ0n) is 20.9. The van der Waals surface area contributed by atoms with Gasteiger partial charge in [-0.05, 0) is 64.2 Å². The highest BCUT2D eigenvalue weighted by atomic mass is 16.2. The van der Waals surface area contributed by atoms with Crippen LogP contribution in [0.25, 0.3) is 0 Å². The van der Waals surface area contributed by atoms with Crippen LogP contribution < -0.4 is 10.2 Å². The molecule has 1 aromatic carbocycles. The van der Waals surface area contributed by atoms with Crippen LogP contribution in [0, 0.1) is 11.8 Å². The van der Waals surface area contributed by atoms with E-state index in [9.17, 15) is 14.4 Å². The lowest BCUT2D eigenvalue weighted by Crippen LogP contribution is -2.39. The molecule has 0 unspecified atom stereocenters. The molecular formula is C27H40N4O3. The summed E-state index contributed by atoms with van der Waals surface area (Å²) >= 11 is 0. The summed E-state index contributed by atoms with van der Waals surface area (Å²) in [6, 6.07) is 5.73. The van der Waals surface area contributed by atoms with E-state index >= 15 is 0 Å². The molecule has 0 aromatic heterocycles. The van der Waals surface area contributed by atoms with Gasteiger partial charge in [-0.1, -0.05) is 19.3 Å². The van der Waals surface area contributed by atoms with Gasteiger partial charge in [0.1, 0.15) is 0 Å². The predicted octanol–water partition coefficient (Wildman–Crippen LogP) is 4.14. The van der Waals surface area contributed by atoms with Crippen LogP contribution in [0.4, 0.5) is 11.4 Å². The molecule has 0 spiro atoms. The highest BCUT2D eigenvalue weighted by molar-refractivity contribution is 6.02. The second-order valence-electron chi connectivity index (χ2n) is 9.97. The van der Waals surface area contributed by atoms with Crippen molar-refractivity contribution in [1.82, 2.24) is 9.80 Å². The standard InChI is InChI=1S/C27H40N4O3/c1-3-29(4-2)27(34)23-19-22(28-25(32)20-11-7-12-20)13-14-24(23)30-15-8-16-31(18-17-30)26(33)21-9-5-6-10-21/h13-14,19-21H,3-12,15-18H2,1-2H3,(H,28,32). The van der Waals surface area contributed by atoms with Gasteiger partial charge in [-0.25, -0.2) is 0 Å². The Morgan fingerprint density at radius 3 is 2.24 bits per heavy atom. The van der Waals surface area contributed by atoms with Gasteiger partial charge in [0.05, 0.1) is 5.56 Å². The minimum atomic E-state index is -0.0112. The molecule has 1 heterocycles. The second kappa shape index (κ2) is 11.2. The zero-order valence-corrected chi connectivity index (χ0v) is 20.9. The number of amides is 3. The van der Waals surface area contributed by atoms with E-state index < -0.39 is 0 Å². The number of anilines is 2. The van der Waals surface area contributed by atoms with Crippen LogP contribution in [0.1, 0.15) is 75.6 Å². The van der Waals surface area contributed by atoms with Crippen molar-refractivity contribution >= 4 is 29.1 Å². The first-order valence-electron chi connectivity index (χ1n) is 13.3. The SMILES string of the molecule is CCN(CC)C(=O)c1cc(NC(=O)C2CCC2)ccc1N1CCCN(C(=O)C2CCCC2)CC1. The first kappa shape index (κ1) is 24.6. The maximum atomic E-state index is 13.5. The van der Waals surface area contributed by atoms with E-state index in [1.54, 1.807) is 0 Å². The molecule has 7 heteroatoms. The van der Waals surface area contributed by atoms with E-state index in [1.165, 1.54) is 0 Å². The number of carbonyl (C=O) groups excluding carboxylic acids is 3. The molecule has 34 heavy (non-hydrogen) atoms. The lowest BCUT2D eigenvalue weighted by atomic mass is 9.85. The minimum Gasteiger partial charge on any atom is -0.369 e. The van der Waals surface area contributed by atoms with Gasteiger partial charge in [0, 0.05) is 62.5 Å². The Morgan fingerprint density at radius 1 is 0.882 bits per heavy atom. The summed E-state index contributed by atoms with van der Waals surface area (Å²) in [5, 5.41) is 3.03. The molecule has 3 amide bonds. The minimum absolute atomic E-state index is 0.0112. The molecular weight excluding hydrogens is 428 g/mol. The summed E-state index contributed by atoms with van der Waals surface area (Å²) in [4.78, 5) is 45.1. The number of nitrogens with zero attached hydrogens (tertiary/aromatic N) is 3. The fourth-order valence-electron chi connectivity index (χ4n) is 5.47. The maximum Gasteiger partial charge on any atom is 0.256 e. The van der Waals surface area contributed by atoms with Gasteiger partial charge in [-0.3, -0.25) is 14.4 Å². The van der Waals surface area contributed by atoms with E-state index in [0.717, 1.165) is 70.1 Å². The van der Waals surface area contributed by atoms with Crippen LogP contribution in [0.3, 0.4) is 0 Å². The smallest absolute Gasteiger partial charge is 0.256 e. The van der Waals surface area contributed by atoms with Crippen molar-refractivity contribution in [2.75, 3.05) is 49.5 Å². The van der Waals surface area contributed by atoms with Crippen LogP contribution in [-0.4, -0.2) is 66.8 Å². The van der Waals surface area contributed by atoms with E-state index in [0.29, 0.717) is 43.3 Å². The first-order chi connectivity index (χ1) is 16.5. The lowest BCUT2D eigenvalue weighted by molar-refractivity contribution is -0.135. The monoisotopic (exact) mass is 468 g/mol. The van der Waals surface area contributed by atoms with Crippen LogP contribution in [0.2, 0.25) is 0 Å². The van der Waals surface area contributed by atoms with Crippen molar-refractivity contribution in [3.8, 4) is 0 Å². The maximum absolute atomic E-state index is 13.5. The molecule has 1 N–H and O–H groups in total. The molecule has 0 atom stereocenters. The fraction of sp³-hybridized carbons (Fsp3) is 0.667. The van der Waals surface area contributed by atoms with Gasteiger partial charge >= 0.3 is 0 Å². The Hall–Kier alpha value is -2.57. The number of rotatable bonds is 7. The number of nitrogens with one attached hydrogen (secondary N) is 1. The summed E-state index contributed by atoms with van der Waals surface area (Å²) in [5.74, 6) is 0.646. The second-order valence-corrected chi connectivity index (χ2v) is 9.97. The average molecular weight is 469 g/mol. The lowest BCUT2D eigenvalue weighted by Gasteiger charge is -2.29. The van der Waals surface area contributed by atoms with Gasteiger partial charge < -0.3 is 20.0 Å². The molecule has 186 valence electrons. The van der Waals surface area contributed by atoms with Gasteiger partial charge in [0.25, 0.3) is 5.91 Å². The van der Waals surface area contributed by atoms with Crippen molar-refractivity contribution in [1.29, 1.82) is 0 Å². The normalized spacial score (nSPS) is 19.5. The molecule has 2 saturated carbocycles. The zero-order chi connectivity index (χ0) is 24.1. The van der Waals surface area contributed by atoms with E-state index in [2.05, 4.69) is 10.2 Å². The Labute approximate surface area is 203 Å². The van der Waals surface area contributed by atoms with Crippen molar-refractivity contribution in [2.45, 2.75) is 65.2 Å². The first-order valence-corrected chi connectivity index (χ1v) is 13.3. The van der Waals surface area contributed by atoms with Gasteiger partial charge in [-0.15, -0.1) is 0 Å². The predicted molar refractivity (Wildman–Crippen MR) is 135 cm³/mol. The number of hydrogen-bond acceptors (Lipinski definition) is 4. The Bertz CT molecular complexity index is 888.